The summed E-state index contributed by atoms with van der Waals surface area (Å²) in [6, 6.07) is 0. The molecule has 0 aromatic rings. The summed E-state index contributed by atoms with van der Waals surface area (Å²) in [5.41, 5.74) is 5.66. The van der Waals surface area contributed by atoms with E-state index in [-0.39, 0.29) is 5.75 Å². The molecule has 1 atom stereocenters. The minimum absolute atomic E-state index is 0.255. The normalized spacial score (nSPS) is 15.4. The van der Waals surface area contributed by atoms with Gasteiger partial charge in [0.1, 0.15) is 0 Å². The van der Waals surface area contributed by atoms with E-state index in [0.717, 1.165) is 6.42 Å². The largest absolute Gasteiger partial charge is 0.330 e. The molecule has 0 rings (SSSR count). The molecule has 2 N–H and O–H groups in total. The predicted octanol–water partition coefficient (Wildman–Crippen LogP) is 2.21. The van der Waals surface area contributed by atoms with Crippen LogP contribution in [-0.4, -0.2) is 25.5 Å². The standard InChI is InChI=1S/C12H27NO2S/c1-10(2)8-11(9-13)6-7-16(14,15)12(3,4)5/h10-11H,6-9,13H2,1-5H3. The lowest BCUT2D eigenvalue weighted by Gasteiger charge is -2.22. The van der Waals surface area contributed by atoms with Crippen molar-refractivity contribution >= 4 is 9.84 Å². The Bertz CT molecular complexity index is 289. The van der Waals surface area contributed by atoms with Gasteiger partial charge in [0.15, 0.2) is 9.84 Å². The molecule has 4 heteroatoms. The maximum absolute atomic E-state index is 11.9. The third kappa shape index (κ3) is 5.30. The van der Waals surface area contributed by atoms with Gasteiger partial charge in [-0.1, -0.05) is 13.8 Å². The van der Waals surface area contributed by atoms with Crippen LogP contribution in [0.3, 0.4) is 0 Å². The fourth-order valence-electron chi connectivity index (χ4n) is 1.63. The van der Waals surface area contributed by atoms with Crippen LogP contribution >= 0.6 is 0 Å². The monoisotopic (exact) mass is 249 g/mol. The van der Waals surface area contributed by atoms with Crippen LogP contribution in [-0.2, 0) is 9.84 Å². The van der Waals surface area contributed by atoms with E-state index in [1.54, 1.807) is 20.8 Å². The second kappa shape index (κ2) is 6.01. The smallest absolute Gasteiger partial charge is 0.155 e. The number of rotatable bonds is 6. The van der Waals surface area contributed by atoms with E-state index < -0.39 is 14.6 Å². The summed E-state index contributed by atoms with van der Waals surface area (Å²) in [6.07, 6.45) is 1.70. The lowest BCUT2D eigenvalue weighted by Crippen LogP contribution is -2.32. The zero-order valence-corrected chi connectivity index (χ0v) is 12.1. The Balaban J connectivity index is 4.33. The molecule has 0 aliphatic carbocycles. The average Bonchev–Trinajstić information content (AvgIpc) is 2.09. The van der Waals surface area contributed by atoms with Gasteiger partial charge in [-0.3, -0.25) is 0 Å². The van der Waals surface area contributed by atoms with Crippen LogP contribution in [0.15, 0.2) is 0 Å². The van der Waals surface area contributed by atoms with Crippen LogP contribution in [0.25, 0.3) is 0 Å². The summed E-state index contributed by atoms with van der Waals surface area (Å²) < 4.78 is 23.2. The summed E-state index contributed by atoms with van der Waals surface area (Å²) in [7, 11) is -2.99. The Morgan fingerprint density at radius 3 is 2.00 bits per heavy atom. The van der Waals surface area contributed by atoms with Gasteiger partial charge in [0.25, 0.3) is 0 Å². The van der Waals surface area contributed by atoms with E-state index in [0.29, 0.717) is 24.8 Å². The molecule has 0 aromatic carbocycles. The third-order valence-electron chi connectivity index (χ3n) is 2.87. The second-order valence-corrected chi connectivity index (χ2v) is 8.81. The fourth-order valence-corrected chi connectivity index (χ4v) is 2.88. The fraction of sp³-hybridized carbons (Fsp3) is 1.00. The van der Waals surface area contributed by atoms with Crippen molar-refractivity contribution in [1.29, 1.82) is 0 Å². The molecule has 0 saturated carbocycles. The highest BCUT2D eigenvalue weighted by Gasteiger charge is 2.29. The van der Waals surface area contributed by atoms with Gasteiger partial charge in [-0.05, 0) is 52.0 Å². The first-order valence-corrected chi connectivity index (χ1v) is 7.67. The van der Waals surface area contributed by atoms with Gasteiger partial charge in [0.05, 0.1) is 10.5 Å². The lowest BCUT2D eigenvalue weighted by molar-refractivity contribution is 0.405. The molecule has 3 nitrogen and oxygen atoms in total. The second-order valence-electron chi connectivity index (χ2n) is 5.95. The number of hydrogen-bond donors (Lipinski definition) is 1. The topological polar surface area (TPSA) is 60.2 Å². The minimum Gasteiger partial charge on any atom is -0.330 e. The first-order valence-electron chi connectivity index (χ1n) is 6.02. The highest BCUT2D eigenvalue weighted by atomic mass is 32.2. The molecule has 0 aliphatic heterocycles. The molecule has 0 spiro atoms. The molecule has 0 radical (unpaired) electrons. The van der Waals surface area contributed by atoms with E-state index in [4.69, 9.17) is 5.73 Å². The molecule has 98 valence electrons. The van der Waals surface area contributed by atoms with Gasteiger partial charge >= 0.3 is 0 Å². The molecule has 0 bridgehead atoms. The van der Waals surface area contributed by atoms with E-state index in [9.17, 15) is 8.42 Å². The molecule has 0 aromatic heterocycles. The first kappa shape index (κ1) is 15.9. The summed E-state index contributed by atoms with van der Waals surface area (Å²) in [4.78, 5) is 0. The summed E-state index contributed by atoms with van der Waals surface area (Å²) in [5.74, 6) is 1.16. The van der Waals surface area contributed by atoms with E-state index >= 15 is 0 Å². The van der Waals surface area contributed by atoms with Crippen LogP contribution in [0.2, 0.25) is 0 Å². The molecule has 0 saturated heterocycles. The Kier molecular flexibility index (Phi) is 5.98. The number of nitrogens with two attached hydrogens (primary N) is 1. The quantitative estimate of drug-likeness (QED) is 0.785. The SMILES string of the molecule is CC(C)CC(CN)CCS(=O)(=O)C(C)(C)C. The van der Waals surface area contributed by atoms with Crippen LogP contribution in [0, 0.1) is 11.8 Å². The van der Waals surface area contributed by atoms with E-state index in [2.05, 4.69) is 13.8 Å². The molecule has 0 fully saturated rings. The van der Waals surface area contributed by atoms with Crippen molar-refractivity contribution in [2.75, 3.05) is 12.3 Å². The summed E-state index contributed by atoms with van der Waals surface area (Å²) >= 11 is 0. The lowest BCUT2D eigenvalue weighted by atomic mass is 9.95. The maximum atomic E-state index is 11.9. The van der Waals surface area contributed by atoms with Gasteiger partial charge in [-0.15, -0.1) is 0 Å². The molecular formula is C12H27NO2S. The van der Waals surface area contributed by atoms with Crippen molar-refractivity contribution in [3.8, 4) is 0 Å². The molecule has 0 amide bonds. The predicted molar refractivity (Wildman–Crippen MR) is 70.2 cm³/mol. The van der Waals surface area contributed by atoms with Crippen LogP contribution < -0.4 is 5.73 Å². The molecule has 16 heavy (non-hydrogen) atoms. The van der Waals surface area contributed by atoms with Crippen molar-refractivity contribution in [3.05, 3.63) is 0 Å². The highest BCUT2D eigenvalue weighted by Crippen LogP contribution is 2.21. The van der Waals surface area contributed by atoms with Gasteiger partial charge in [-0.2, -0.15) is 0 Å². The van der Waals surface area contributed by atoms with Gasteiger partial charge in [0, 0.05) is 0 Å². The summed E-state index contributed by atoms with van der Waals surface area (Å²) in [6.45, 7) is 10.1. The van der Waals surface area contributed by atoms with Gasteiger partial charge < -0.3 is 5.73 Å². The van der Waals surface area contributed by atoms with Crippen molar-refractivity contribution < 1.29 is 8.42 Å². The minimum atomic E-state index is -2.99. The van der Waals surface area contributed by atoms with Gasteiger partial charge in [0.2, 0.25) is 0 Å². The van der Waals surface area contributed by atoms with Crippen molar-refractivity contribution in [3.63, 3.8) is 0 Å². The van der Waals surface area contributed by atoms with Crippen molar-refractivity contribution in [2.24, 2.45) is 17.6 Å². The zero-order chi connectivity index (χ0) is 13.0. The third-order valence-corrected chi connectivity index (χ3v) is 5.51. The van der Waals surface area contributed by atoms with Crippen LogP contribution in [0.1, 0.15) is 47.5 Å². The Hall–Kier alpha value is -0.0900. The Morgan fingerprint density at radius 2 is 1.69 bits per heavy atom. The Labute approximate surface area is 101 Å². The summed E-state index contributed by atoms with van der Waals surface area (Å²) in [5, 5.41) is 0. The molecule has 0 heterocycles. The number of sulfone groups is 1. The van der Waals surface area contributed by atoms with Gasteiger partial charge in [-0.25, -0.2) is 8.42 Å². The van der Waals surface area contributed by atoms with E-state index in [1.165, 1.54) is 0 Å². The molecule has 0 aliphatic rings. The van der Waals surface area contributed by atoms with Crippen LogP contribution in [0.4, 0.5) is 0 Å². The van der Waals surface area contributed by atoms with E-state index in [1.807, 2.05) is 0 Å². The highest BCUT2D eigenvalue weighted by molar-refractivity contribution is 7.92. The Morgan fingerprint density at radius 1 is 1.19 bits per heavy atom. The average molecular weight is 249 g/mol. The van der Waals surface area contributed by atoms with Crippen molar-refractivity contribution in [1.82, 2.24) is 0 Å². The molecule has 1 unspecified atom stereocenters. The van der Waals surface area contributed by atoms with Crippen LogP contribution in [0.5, 0.6) is 0 Å². The maximum Gasteiger partial charge on any atom is 0.155 e. The zero-order valence-electron chi connectivity index (χ0n) is 11.3. The van der Waals surface area contributed by atoms with Crippen molar-refractivity contribution in [2.45, 2.75) is 52.2 Å². The molecular weight excluding hydrogens is 222 g/mol. The number of hydrogen-bond acceptors (Lipinski definition) is 3. The first-order chi connectivity index (χ1) is 7.10.